The molecule has 0 atom stereocenters. The zero-order valence-corrected chi connectivity index (χ0v) is 12.4. The third-order valence-electron chi connectivity index (χ3n) is 3.47. The topological polar surface area (TPSA) is 36.4 Å². The lowest BCUT2D eigenvalue weighted by molar-refractivity contribution is 0.0662. The van der Waals surface area contributed by atoms with Gasteiger partial charge in [0.2, 0.25) is 0 Å². The normalized spacial score (nSPS) is 17.2. The predicted molar refractivity (Wildman–Crippen MR) is 74.5 cm³/mol. The Morgan fingerprint density at radius 3 is 2.67 bits per heavy atom. The zero-order valence-electron chi connectivity index (χ0n) is 10.8. The first-order chi connectivity index (χ1) is 8.59. The highest BCUT2D eigenvalue weighted by atomic mass is 79.9. The van der Waals surface area contributed by atoms with Crippen molar-refractivity contribution in [2.45, 2.75) is 18.9 Å². The number of aromatic nitrogens is 1. The van der Waals surface area contributed by atoms with E-state index in [1.54, 1.807) is 12.3 Å². The van der Waals surface area contributed by atoms with Gasteiger partial charge in [-0.2, -0.15) is 0 Å². The fourth-order valence-electron chi connectivity index (χ4n) is 2.30. The van der Waals surface area contributed by atoms with Crippen LogP contribution in [0.1, 0.15) is 23.2 Å². The standard InChI is InChI=1S/C13H18BrN3O/c1-16(2)10-5-8-17(9-6-10)13(18)11-4-3-7-15-12(11)14/h3-4,7,10H,5-6,8-9H2,1-2H3. The second-order valence-electron chi connectivity index (χ2n) is 4.83. The number of amides is 1. The maximum atomic E-state index is 12.3. The molecule has 0 unspecified atom stereocenters. The Kier molecular flexibility index (Phi) is 4.35. The van der Waals surface area contributed by atoms with E-state index in [2.05, 4.69) is 39.9 Å². The molecule has 98 valence electrons. The predicted octanol–water partition coefficient (Wildman–Crippen LogP) is 2.01. The molecule has 1 aliphatic rings. The number of nitrogens with zero attached hydrogens (tertiary/aromatic N) is 3. The lowest BCUT2D eigenvalue weighted by atomic mass is 10.0. The van der Waals surface area contributed by atoms with E-state index in [1.165, 1.54) is 0 Å². The Labute approximate surface area is 116 Å². The number of carbonyl (C=O) groups is 1. The number of hydrogen-bond donors (Lipinski definition) is 0. The van der Waals surface area contributed by atoms with Gasteiger partial charge in [0.05, 0.1) is 5.56 Å². The lowest BCUT2D eigenvalue weighted by Crippen LogP contribution is -2.44. The van der Waals surface area contributed by atoms with Crippen LogP contribution < -0.4 is 0 Å². The van der Waals surface area contributed by atoms with Gasteiger partial charge in [-0.15, -0.1) is 0 Å². The maximum Gasteiger partial charge on any atom is 0.256 e. The van der Waals surface area contributed by atoms with Crippen molar-refractivity contribution in [2.75, 3.05) is 27.2 Å². The summed E-state index contributed by atoms with van der Waals surface area (Å²) in [6.45, 7) is 1.64. The molecular weight excluding hydrogens is 294 g/mol. The Bertz CT molecular complexity index is 428. The van der Waals surface area contributed by atoms with Gasteiger partial charge in [0.25, 0.3) is 5.91 Å². The molecule has 1 aromatic heterocycles. The number of carbonyl (C=O) groups excluding carboxylic acids is 1. The summed E-state index contributed by atoms with van der Waals surface area (Å²) in [6.07, 6.45) is 3.76. The third-order valence-corrected chi connectivity index (χ3v) is 4.10. The van der Waals surface area contributed by atoms with Gasteiger partial charge in [-0.05, 0) is 55.0 Å². The van der Waals surface area contributed by atoms with Crippen LogP contribution in [0.3, 0.4) is 0 Å². The number of pyridine rings is 1. The summed E-state index contributed by atoms with van der Waals surface area (Å²) in [4.78, 5) is 20.6. The van der Waals surface area contributed by atoms with E-state index in [4.69, 9.17) is 0 Å². The van der Waals surface area contributed by atoms with Gasteiger partial charge < -0.3 is 9.80 Å². The highest BCUT2D eigenvalue weighted by molar-refractivity contribution is 9.10. The Hall–Kier alpha value is -0.940. The van der Waals surface area contributed by atoms with Gasteiger partial charge in [0.15, 0.2) is 0 Å². The Morgan fingerprint density at radius 2 is 2.11 bits per heavy atom. The molecule has 1 aliphatic heterocycles. The van der Waals surface area contributed by atoms with Gasteiger partial charge in [-0.3, -0.25) is 4.79 Å². The molecule has 0 radical (unpaired) electrons. The highest BCUT2D eigenvalue weighted by Crippen LogP contribution is 2.19. The fraction of sp³-hybridized carbons (Fsp3) is 0.538. The van der Waals surface area contributed by atoms with Crippen LogP contribution in [0.4, 0.5) is 0 Å². The number of halogens is 1. The fourth-order valence-corrected chi connectivity index (χ4v) is 2.72. The zero-order chi connectivity index (χ0) is 13.1. The average molecular weight is 312 g/mol. The van der Waals surface area contributed by atoms with Crippen molar-refractivity contribution >= 4 is 21.8 Å². The molecule has 1 amide bonds. The molecule has 1 fully saturated rings. The third kappa shape index (κ3) is 2.90. The molecule has 0 aromatic carbocycles. The van der Waals surface area contributed by atoms with Gasteiger partial charge in [-0.25, -0.2) is 4.98 Å². The van der Waals surface area contributed by atoms with Gasteiger partial charge >= 0.3 is 0 Å². The second kappa shape index (κ2) is 5.80. The summed E-state index contributed by atoms with van der Waals surface area (Å²) in [6, 6.07) is 4.20. The molecule has 2 rings (SSSR count). The van der Waals surface area contributed by atoms with Crippen molar-refractivity contribution in [3.8, 4) is 0 Å². The molecule has 18 heavy (non-hydrogen) atoms. The van der Waals surface area contributed by atoms with Crippen molar-refractivity contribution in [1.82, 2.24) is 14.8 Å². The summed E-state index contributed by atoms with van der Waals surface area (Å²) < 4.78 is 0.629. The van der Waals surface area contributed by atoms with Crippen LogP contribution in [0.2, 0.25) is 0 Å². The first-order valence-electron chi connectivity index (χ1n) is 6.16. The van der Waals surface area contributed by atoms with Crippen LogP contribution in [0.25, 0.3) is 0 Å². The molecule has 0 N–H and O–H groups in total. The van der Waals surface area contributed by atoms with E-state index >= 15 is 0 Å². The van der Waals surface area contributed by atoms with Crippen molar-refractivity contribution in [3.63, 3.8) is 0 Å². The number of rotatable bonds is 2. The molecule has 1 saturated heterocycles. The minimum absolute atomic E-state index is 0.0761. The van der Waals surface area contributed by atoms with Crippen LogP contribution in [0.5, 0.6) is 0 Å². The first-order valence-corrected chi connectivity index (χ1v) is 6.95. The summed E-state index contributed by atoms with van der Waals surface area (Å²) >= 11 is 3.33. The molecular formula is C13H18BrN3O. The van der Waals surface area contributed by atoms with E-state index in [9.17, 15) is 4.79 Å². The second-order valence-corrected chi connectivity index (χ2v) is 5.58. The van der Waals surface area contributed by atoms with Crippen molar-refractivity contribution < 1.29 is 4.79 Å². The van der Waals surface area contributed by atoms with Crippen LogP contribution in [0.15, 0.2) is 22.9 Å². The lowest BCUT2D eigenvalue weighted by Gasteiger charge is -2.35. The summed E-state index contributed by atoms with van der Waals surface area (Å²) in [7, 11) is 4.19. The molecule has 0 aliphatic carbocycles. The Morgan fingerprint density at radius 1 is 1.44 bits per heavy atom. The molecule has 1 aromatic rings. The Balaban J connectivity index is 2.02. The van der Waals surface area contributed by atoms with Crippen molar-refractivity contribution in [2.24, 2.45) is 0 Å². The highest BCUT2D eigenvalue weighted by Gasteiger charge is 2.25. The van der Waals surface area contributed by atoms with E-state index in [-0.39, 0.29) is 5.91 Å². The molecule has 5 heteroatoms. The molecule has 0 bridgehead atoms. The van der Waals surface area contributed by atoms with Crippen LogP contribution >= 0.6 is 15.9 Å². The van der Waals surface area contributed by atoms with Crippen molar-refractivity contribution in [3.05, 3.63) is 28.5 Å². The smallest absolute Gasteiger partial charge is 0.256 e. The number of likely N-dealkylation sites (tertiary alicyclic amines) is 1. The molecule has 0 saturated carbocycles. The minimum atomic E-state index is 0.0761. The summed E-state index contributed by atoms with van der Waals surface area (Å²) in [5.74, 6) is 0.0761. The molecule has 4 nitrogen and oxygen atoms in total. The minimum Gasteiger partial charge on any atom is -0.338 e. The average Bonchev–Trinajstić information content (AvgIpc) is 2.38. The quantitative estimate of drug-likeness (QED) is 0.784. The van der Waals surface area contributed by atoms with E-state index in [1.807, 2.05) is 11.0 Å². The first kappa shape index (κ1) is 13.5. The number of hydrogen-bond acceptors (Lipinski definition) is 3. The van der Waals surface area contributed by atoms with Crippen LogP contribution in [0, 0.1) is 0 Å². The van der Waals surface area contributed by atoms with Gasteiger partial charge in [0, 0.05) is 25.3 Å². The van der Waals surface area contributed by atoms with Crippen LogP contribution in [-0.2, 0) is 0 Å². The maximum absolute atomic E-state index is 12.3. The van der Waals surface area contributed by atoms with Gasteiger partial charge in [-0.1, -0.05) is 0 Å². The van der Waals surface area contributed by atoms with E-state index in [0.29, 0.717) is 16.2 Å². The van der Waals surface area contributed by atoms with Crippen molar-refractivity contribution in [1.29, 1.82) is 0 Å². The van der Waals surface area contributed by atoms with Gasteiger partial charge in [0.1, 0.15) is 4.60 Å². The monoisotopic (exact) mass is 311 g/mol. The van der Waals surface area contributed by atoms with E-state index < -0.39 is 0 Å². The molecule has 2 heterocycles. The summed E-state index contributed by atoms with van der Waals surface area (Å²) in [5, 5.41) is 0. The SMILES string of the molecule is CN(C)C1CCN(C(=O)c2cccnc2Br)CC1. The largest absolute Gasteiger partial charge is 0.338 e. The van der Waals surface area contributed by atoms with E-state index in [0.717, 1.165) is 25.9 Å². The summed E-state index contributed by atoms with van der Waals surface area (Å²) in [5.41, 5.74) is 0.654. The van der Waals surface area contributed by atoms with Crippen LogP contribution in [-0.4, -0.2) is 53.9 Å². The number of piperidine rings is 1. The molecule has 0 spiro atoms.